The molecule has 4 rings (SSSR count). The van der Waals surface area contributed by atoms with Crippen molar-refractivity contribution in [2.45, 2.75) is 37.4 Å². The van der Waals surface area contributed by atoms with Crippen LogP contribution in [-0.2, 0) is 12.6 Å². The van der Waals surface area contributed by atoms with Crippen LogP contribution in [0.5, 0.6) is 0 Å². The van der Waals surface area contributed by atoms with E-state index in [4.69, 9.17) is 11.6 Å². The number of carbonyl (C=O) groups is 1. The number of alkyl halides is 5. The van der Waals surface area contributed by atoms with Crippen molar-refractivity contribution in [3.63, 3.8) is 0 Å². The van der Waals surface area contributed by atoms with E-state index in [-0.39, 0.29) is 41.5 Å². The Bertz CT molecular complexity index is 1140. The molecule has 1 atom stereocenters. The molecule has 7 nitrogen and oxygen atoms in total. The van der Waals surface area contributed by atoms with Crippen LogP contribution in [0.15, 0.2) is 43.0 Å². The van der Waals surface area contributed by atoms with Crippen molar-refractivity contribution < 1.29 is 26.7 Å². The van der Waals surface area contributed by atoms with Gasteiger partial charge in [0.25, 0.3) is 11.8 Å². The zero-order valence-corrected chi connectivity index (χ0v) is 17.6. The number of nitrogens with zero attached hydrogens (tertiary/aromatic N) is 6. The van der Waals surface area contributed by atoms with Gasteiger partial charge >= 0.3 is 6.18 Å². The molecule has 0 bridgehead atoms. The number of aryl methyl sites for hydroxylation is 1. The molecule has 1 saturated heterocycles. The molecule has 1 aliphatic rings. The molecule has 0 saturated carbocycles. The number of rotatable bonds is 5. The van der Waals surface area contributed by atoms with E-state index < -0.39 is 36.0 Å². The minimum absolute atomic E-state index is 0.0257. The fourth-order valence-corrected chi connectivity index (χ4v) is 3.85. The van der Waals surface area contributed by atoms with Crippen molar-refractivity contribution in [1.29, 1.82) is 0 Å². The van der Waals surface area contributed by atoms with Crippen LogP contribution < -0.4 is 0 Å². The third-order valence-corrected chi connectivity index (χ3v) is 5.54. The minimum atomic E-state index is -4.60. The first-order valence-electron chi connectivity index (χ1n) is 9.79. The molecule has 1 aromatic carbocycles. The van der Waals surface area contributed by atoms with Crippen molar-refractivity contribution in [2.75, 3.05) is 6.54 Å². The van der Waals surface area contributed by atoms with Gasteiger partial charge in [-0.05, 0) is 24.6 Å². The van der Waals surface area contributed by atoms with E-state index in [1.54, 1.807) is 0 Å². The quantitative estimate of drug-likeness (QED) is 0.505. The molecule has 174 valence electrons. The smallest absolute Gasteiger partial charge is 0.329 e. The van der Waals surface area contributed by atoms with Gasteiger partial charge in [0.05, 0.1) is 35.2 Å². The summed E-state index contributed by atoms with van der Waals surface area (Å²) >= 11 is 6.04. The third-order valence-electron chi connectivity index (χ3n) is 5.31. The molecule has 3 heterocycles. The predicted molar refractivity (Wildman–Crippen MR) is 106 cm³/mol. The normalized spacial score (nSPS) is 18.0. The van der Waals surface area contributed by atoms with E-state index in [2.05, 4.69) is 20.2 Å². The standard InChI is InChI=1S/C20H16ClF5N6O/c21-13-1-2-15(32-29-6-7-30-32)14(9-13)18(33)31-8-5-19(22,23)16(31)3-4-17-27-10-12(11-28-17)20(24,25)26/h1-2,6-7,9-11,16H,3-5,8H2/t16-/m1/s1. The van der Waals surface area contributed by atoms with Gasteiger partial charge in [-0.25, -0.2) is 18.7 Å². The summed E-state index contributed by atoms with van der Waals surface area (Å²) < 4.78 is 67.4. The summed E-state index contributed by atoms with van der Waals surface area (Å²) in [6.45, 7) is -0.205. The van der Waals surface area contributed by atoms with Gasteiger partial charge in [0, 0.05) is 36.8 Å². The molecular weight excluding hydrogens is 471 g/mol. The van der Waals surface area contributed by atoms with Crippen LogP contribution in [0.2, 0.25) is 5.02 Å². The van der Waals surface area contributed by atoms with Gasteiger partial charge in [0.1, 0.15) is 5.82 Å². The largest absolute Gasteiger partial charge is 0.419 e. The molecule has 0 spiro atoms. The highest BCUT2D eigenvalue weighted by atomic mass is 35.5. The highest BCUT2D eigenvalue weighted by Crippen LogP contribution is 2.38. The first-order valence-corrected chi connectivity index (χ1v) is 10.2. The Balaban J connectivity index is 1.57. The number of likely N-dealkylation sites (tertiary alicyclic amines) is 1. The Kier molecular flexibility index (Phi) is 6.04. The van der Waals surface area contributed by atoms with E-state index in [1.807, 2.05) is 0 Å². The average molecular weight is 487 g/mol. The summed E-state index contributed by atoms with van der Waals surface area (Å²) in [5.74, 6) is -3.90. The van der Waals surface area contributed by atoms with Gasteiger partial charge < -0.3 is 4.90 Å². The Morgan fingerprint density at radius 2 is 1.82 bits per heavy atom. The van der Waals surface area contributed by atoms with Crippen LogP contribution in [-0.4, -0.2) is 54.3 Å². The second-order valence-electron chi connectivity index (χ2n) is 7.43. The molecule has 1 amide bonds. The topological polar surface area (TPSA) is 76.8 Å². The van der Waals surface area contributed by atoms with E-state index >= 15 is 0 Å². The molecule has 0 unspecified atom stereocenters. The maximum atomic E-state index is 14.7. The zero-order chi connectivity index (χ0) is 23.8. The Hall–Kier alpha value is -3.15. The Morgan fingerprint density at radius 3 is 2.45 bits per heavy atom. The fourth-order valence-electron chi connectivity index (χ4n) is 3.67. The van der Waals surface area contributed by atoms with E-state index in [0.29, 0.717) is 12.4 Å². The molecule has 1 aliphatic heterocycles. The number of carbonyl (C=O) groups excluding carboxylic acids is 1. The number of hydrogen-bond acceptors (Lipinski definition) is 5. The molecule has 0 radical (unpaired) electrons. The summed E-state index contributed by atoms with van der Waals surface area (Å²) in [4.78, 5) is 22.8. The molecule has 0 N–H and O–H groups in total. The van der Waals surface area contributed by atoms with Crippen LogP contribution in [0.25, 0.3) is 5.69 Å². The average Bonchev–Trinajstić information content (AvgIpc) is 3.39. The second kappa shape index (κ2) is 8.65. The second-order valence-corrected chi connectivity index (χ2v) is 7.87. The molecule has 13 heteroatoms. The zero-order valence-electron chi connectivity index (χ0n) is 16.8. The molecule has 2 aromatic heterocycles. The SMILES string of the molecule is O=C(c1cc(Cl)ccc1-n1nccn1)N1CCC(F)(F)[C@H]1CCc1ncc(C(F)(F)F)cn1. The number of hydrogen-bond donors (Lipinski definition) is 0. The summed E-state index contributed by atoms with van der Waals surface area (Å²) in [5.41, 5.74) is -0.711. The third kappa shape index (κ3) is 4.80. The van der Waals surface area contributed by atoms with Crippen molar-refractivity contribution in [2.24, 2.45) is 0 Å². The maximum Gasteiger partial charge on any atom is 0.419 e. The van der Waals surface area contributed by atoms with Crippen molar-refractivity contribution in [1.82, 2.24) is 29.9 Å². The van der Waals surface area contributed by atoms with E-state index in [9.17, 15) is 26.7 Å². The summed E-state index contributed by atoms with van der Waals surface area (Å²) in [6, 6.07) is 2.90. The van der Waals surface area contributed by atoms with Crippen molar-refractivity contribution in [3.8, 4) is 5.69 Å². The van der Waals surface area contributed by atoms with Gasteiger partial charge in [-0.2, -0.15) is 28.2 Å². The summed E-state index contributed by atoms with van der Waals surface area (Å²) in [7, 11) is 0. The summed E-state index contributed by atoms with van der Waals surface area (Å²) in [5, 5.41) is 8.19. The molecule has 3 aromatic rings. The van der Waals surface area contributed by atoms with Crippen LogP contribution in [0.3, 0.4) is 0 Å². The lowest BCUT2D eigenvalue weighted by atomic mass is 10.0. The first-order chi connectivity index (χ1) is 15.6. The van der Waals surface area contributed by atoms with Crippen LogP contribution in [0.1, 0.15) is 34.6 Å². The van der Waals surface area contributed by atoms with Crippen molar-refractivity contribution >= 4 is 17.5 Å². The number of halogens is 6. The van der Waals surface area contributed by atoms with Crippen LogP contribution in [0, 0.1) is 0 Å². The molecule has 1 fully saturated rings. The van der Waals surface area contributed by atoms with Gasteiger partial charge in [0.2, 0.25) is 0 Å². The monoisotopic (exact) mass is 486 g/mol. The van der Waals surface area contributed by atoms with Gasteiger partial charge in [0.15, 0.2) is 0 Å². The Morgan fingerprint density at radius 1 is 1.15 bits per heavy atom. The summed E-state index contributed by atoms with van der Waals surface area (Å²) in [6.07, 6.45) is -1.50. The Labute approximate surface area is 189 Å². The molecule has 0 aliphatic carbocycles. The molecular formula is C20H16ClF5N6O. The van der Waals surface area contributed by atoms with Gasteiger partial charge in [-0.3, -0.25) is 4.79 Å². The highest BCUT2D eigenvalue weighted by molar-refractivity contribution is 6.31. The number of amides is 1. The highest BCUT2D eigenvalue weighted by Gasteiger charge is 2.50. The van der Waals surface area contributed by atoms with Gasteiger partial charge in [-0.1, -0.05) is 11.6 Å². The number of aromatic nitrogens is 5. The lowest BCUT2D eigenvalue weighted by Crippen LogP contribution is -2.43. The maximum absolute atomic E-state index is 14.7. The minimum Gasteiger partial charge on any atom is -0.329 e. The lowest BCUT2D eigenvalue weighted by molar-refractivity contribution is -0.138. The predicted octanol–water partition coefficient (Wildman–Crippen LogP) is 4.21. The van der Waals surface area contributed by atoms with Crippen LogP contribution >= 0.6 is 11.6 Å². The van der Waals surface area contributed by atoms with E-state index in [0.717, 1.165) is 4.90 Å². The lowest BCUT2D eigenvalue weighted by Gasteiger charge is -2.28. The number of benzene rings is 1. The first kappa shape index (κ1) is 23.0. The van der Waals surface area contributed by atoms with Crippen LogP contribution in [0.4, 0.5) is 22.0 Å². The van der Waals surface area contributed by atoms with Crippen molar-refractivity contribution in [3.05, 3.63) is 65.0 Å². The molecule has 33 heavy (non-hydrogen) atoms. The van der Waals surface area contributed by atoms with E-state index in [1.165, 1.54) is 35.4 Å². The van der Waals surface area contributed by atoms with Gasteiger partial charge in [-0.15, -0.1) is 0 Å². The fraction of sp³-hybridized carbons (Fsp3) is 0.350.